The highest BCUT2D eigenvalue weighted by molar-refractivity contribution is 7.23. The van der Waals surface area contributed by atoms with Gasteiger partial charge in [0, 0.05) is 13.1 Å². The van der Waals surface area contributed by atoms with Gasteiger partial charge in [-0.3, -0.25) is 24.3 Å². The van der Waals surface area contributed by atoms with Crippen molar-refractivity contribution in [3.63, 3.8) is 0 Å². The number of ether oxygens (including phenoxy) is 1. The lowest BCUT2D eigenvalue weighted by Gasteiger charge is -2.30. The van der Waals surface area contributed by atoms with Gasteiger partial charge < -0.3 is 9.64 Å². The van der Waals surface area contributed by atoms with E-state index in [0.29, 0.717) is 44.8 Å². The third-order valence-corrected chi connectivity index (χ3v) is 8.51. The number of hydrogen-bond acceptors (Lipinski definition) is 8. The zero-order valence-corrected chi connectivity index (χ0v) is 21.3. The zero-order valence-electron chi connectivity index (χ0n) is 19.7. The number of aromatic nitrogens is 3. The lowest BCUT2D eigenvalue weighted by Crippen LogP contribution is -2.41. The van der Waals surface area contributed by atoms with Gasteiger partial charge in [-0.1, -0.05) is 18.3 Å². The number of methoxy groups -OCH3 is 1. The van der Waals surface area contributed by atoms with Gasteiger partial charge in [-0.2, -0.15) is 0 Å². The monoisotopic (exact) mass is 511 g/mol. The smallest absolute Gasteiger partial charge is 0.267 e. The quantitative estimate of drug-likeness (QED) is 0.436. The molecule has 11 heteroatoms. The lowest BCUT2D eigenvalue weighted by molar-refractivity contribution is -0.133. The van der Waals surface area contributed by atoms with Gasteiger partial charge >= 0.3 is 0 Å². The van der Waals surface area contributed by atoms with Gasteiger partial charge in [-0.25, -0.2) is 9.97 Å². The summed E-state index contributed by atoms with van der Waals surface area (Å²) in [7, 11) is 1.60. The van der Waals surface area contributed by atoms with Crippen LogP contribution in [-0.4, -0.2) is 51.4 Å². The van der Waals surface area contributed by atoms with Crippen LogP contribution in [0, 0.1) is 12.8 Å². The third kappa shape index (κ3) is 4.53. The van der Waals surface area contributed by atoms with E-state index in [2.05, 4.69) is 22.2 Å². The SMILES string of the molecule is COc1ccc2nc(NC(=O)c3sc4ncn(CC(=O)N5CCC(C)CC5)c(=O)c4c3C)sc2c1. The van der Waals surface area contributed by atoms with E-state index in [1.807, 2.05) is 23.1 Å². The molecular weight excluding hydrogens is 486 g/mol. The van der Waals surface area contributed by atoms with E-state index in [9.17, 15) is 14.4 Å². The molecule has 1 saturated heterocycles. The minimum absolute atomic E-state index is 0.0534. The van der Waals surface area contributed by atoms with Crippen molar-refractivity contribution in [1.29, 1.82) is 0 Å². The summed E-state index contributed by atoms with van der Waals surface area (Å²) in [5.41, 5.74) is 1.00. The van der Waals surface area contributed by atoms with Crippen LogP contribution in [0.2, 0.25) is 0 Å². The largest absolute Gasteiger partial charge is 0.497 e. The fourth-order valence-electron chi connectivity index (χ4n) is 4.23. The number of thiazole rings is 1. The number of piperidine rings is 1. The van der Waals surface area contributed by atoms with Crippen LogP contribution in [0.15, 0.2) is 29.3 Å². The molecule has 3 aromatic heterocycles. The van der Waals surface area contributed by atoms with E-state index in [1.54, 1.807) is 14.0 Å². The summed E-state index contributed by atoms with van der Waals surface area (Å²) in [5, 5.41) is 3.67. The molecule has 0 saturated carbocycles. The minimum atomic E-state index is -0.346. The molecule has 182 valence electrons. The number of aryl methyl sites for hydroxylation is 1. The van der Waals surface area contributed by atoms with Crippen molar-refractivity contribution < 1.29 is 14.3 Å². The number of benzene rings is 1. The number of nitrogens with one attached hydrogen (secondary N) is 1. The summed E-state index contributed by atoms with van der Waals surface area (Å²) in [6.45, 7) is 5.29. The highest BCUT2D eigenvalue weighted by Gasteiger charge is 2.23. The molecule has 0 bridgehead atoms. The first-order valence-corrected chi connectivity index (χ1v) is 13.0. The summed E-state index contributed by atoms with van der Waals surface area (Å²) in [4.78, 5) is 50.5. The Kier molecular flexibility index (Phi) is 6.28. The minimum Gasteiger partial charge on any atom is -0.497 e. The summed E-state index contributed by atoms with van der Waals surface area (Å²) in [6.07, 6.45) is 3.35. The van der Waals surface area contributed by atoms with Gasteiger partial charge in [0.2, 0.25) is 5.91 Å². The van der Waals surface area contributed by atoms with E-state index < -0.39 is 0 Å². The number of thiophene rings is 1. The second-order valence-electron chi connectivity index (χ2n) is 8.78. The van der Waals surface area contributed by atoms with Crippen molar-refractivity contribution in [1.82, 2.24) is 19.4 Å². The molecule has 0 spiro atoms. The number of nitrogens with zero attached hydrogens (tertiary/aromatic N) is 4. The van der Waals surface area contributed by atoms with E-state index in [4.69, 9.17) is 4.74 Å². The van der Waals surface area contributed by atoms with E-state index in [-0.39, 0.29) is 23.9 Å². The zero-order chi connectivity index (χ0) is 24.7. The predicted octanol–water partition coefficient (Wildman–Crippen LogP) is 3.90. The third-order valence-electron chi connectivity index (χ3n) is 6.38. The topological polar surface area (TPSA) is 106 Å². The Balaban J connectivity index is 1.38. The van der Waals surface area contributed by atoms with Crippen LogP contribution in [0.25, 0.3) is 20.4 Å². The molecule has 2 amide bonds. The second-order valence-corrected chi connectivity index (χ2v) is 10.8. The number of hydrogen-bond donors (Lipinski definition) is 1. The standard InChI is InChI=1S/C24H25N5O4S2/c1-13-6-8-28(9-7-13)18(30)11-29-12-25-22-19(23(29)32)14(2)20(35-22)21(31)27-24-26-16-5-4-15(33-3)10-17(16)34-24/h4-5,10,12-13H,6-9,11H2,1-3H3,(H,26,27,31). The number of anilines is 1. The van der Waals surface area contributed by atoms with Crippen molar-refractivity contribution in [2.24, 2.45) is 5.92 Å². The van der Waals surface area contributed by atoms with Crippen LogP contribution in [0.1, 0.15) is 35.0 Å². The van der Waals surface area contributed by atoms with Crippen molar-refractivity contribution in [2.45, 2.75) is 33.2 Å². The molecule has 5 rings (SSSR count). The van der Waals surface area contributed by atoms with Crippen LogP contribution < -0.4 is 15.6 Å². The van der Waals surface area contributed by atoms with Crippen molar-refractivity contribution in [2.75, 3.05) is 25.5 Å². The molecule has 1 N–H and O–H groups in total. The van der Waals surface area contributed by atoms with Gasteiger partial charge in [-0.15, -0.1) is 11.3 Å². The fourth-order valence-corrected chi connectivity index (χ4v) is 6.16. The number of rotatable bonds is 5. The van der Waals surface area contributed by atoms with E-state index in [1.165, 1.54) is 22.2 Å². The first-order chi connectivity index (χ1) is 16.8. The first kappa shape index (κ1) is 23.4. The lowest BCUT2D eigenvalue weighted by atomic mass is 9.99. The molecule has 4 heterocycles. The predicted molar refractivity (Wildman–Crippen MR) is 138 cm³/mol. The average molecular weight is 512 g/mol. The van der Waals surface area contributed by atoms with E-state index >= 15 is 0 Å². The Bertz CT molecular complexity index is 1500. The van der Waals surface area contributed by atoms with Gasteiger partial charge in [0.25, 0.3) is 11.5 Å². The van der Waals surface area contributed by atoms with Crippen LogP contribution in [0.3, 0.4) is 0 Å². The Hall–Kier alpha value is -3.31. The first-order valence-electron chi connectivity index (χ1n) is 11.4. The fraction of sp³-hybridized carbons (Fsp3) is 0.375. The van der Waals surface area contributed by atoms with Gasteiger partial charge in [0.1, 0.15) is 17.1 Å². The molecular formula is C24H25N5O4S2. The molecule has 0 atom stereocenters. The summed E-state index contributed by atoms with van der Waals surface area (Å²) in [6, 6.07) is 5.52. The maximum Gasteiger partial charge on any atom is 0.267 e. The Morgan fingerprint density at radius 1 is 1.23 bits per heavy atom. The molecule has 1 aromatic carbocycles. The van der Waals surface area contributed by atoms with Crippen LogP contribution in [0.5, 0.6) is 5.75 Å². The highest BCUT2D eigenvalue weighted by atomic mass is 32.1. The number of carbonyl (C=O) groups excluding carboxylic acids is 2. The highest BCUT2D eigenvalue weighted by Crippen LogP contribution is 2.31. The second kappa shape index (κ2) is 9.38. The Morgan fingerprint density at radius 2 is 2.00 bits per heavy atom. The number of fused-ring (bicyclic) bond motifs is 2. The van der Waals surface area contributed by atoms with Crippen molar-refractivity contribution >= 4 is 60.1 Å². The summed E-state index contributed by atoms with van der Waals surface area (Å²) >= 11 is 2.51. The average Bonchev–Trinajstić information content (AvgIpc) is 3.40. The Morgan fingerprint density at radius 3 is 2.74 bits per heavy atom. The van der Waals surface area contributed by atoms with Crippen molar-refractivity contribution in [3.05, 3.63) is 45.3 Å². The molecule has 1 aliphatic rings. The summed E-state index contributed by atoms with van der Waals surface area (Å²) in [5.74, 6) is 0.901. The normalized spacial score (nSPS) is 14.5. The van der Waals surface area contributed by atoms with Crippen LogP contribution in [0.4, 0.5) is 5.13 Å². The Labute approximate surface area is 209 Å². The van der Waals surface area contributed by atoms with Crippen molar-refractivity contribution in [3.8, 4) is 5.75 Å². The number of likely N-dealkylation sites (tertiary alicyclic amines) is 1. The number of amides is 2. The van der Waals surface area contributed by atoms with Gasteiger partial charge in [-0.05, 0) is 49.4 Å². The summed E-state index contributed by atoms with van der Waals surface area (Å²) < 4.78 is 7.48. The molecule has 4 aromatic rings. The molecule has 1 aliphatic heterocycles. The van der Waals surface area contributed by atoms with E-state index in [0.717, 1.165) is 40.1 Å². The molecule has 35 heavy (non-hydrogen) atoms. The molecule has 0 radical (unpaired) electrons. The maximum absolute atomic E-state index is 13.2. The molecule has 1 fully saturated rings. The molecule has 0 aliphatic carbocycles. The van der Waals surface area contributed by atoms with Gasteiger partial charge in [0.05, 0.1) is 33.9 Å². The van der Waals surface area contributed by atoms with Crippen LogP contribution >= 0.6 is 22.7 Å². The van der Waals surface area contributed by atoms with Crippen LogP contribution in [-0.2, 0) is 11.3 Å². The van der Waals surface area contributed by atoms with Gasteiger partial charge in [0.15, 0.2) is 5.13 Å². The number of carbonyl (C=O) groups is 2. The molecule has 9 nitrogen and oxygen atoms in total. The maximum atomic E-state index is 13.2. The molecule has 0 unspecified atom stereocenters.